The van der Waals surface area contributed by atoms with Crippen LogP contribution in [0, 0.1) is 29.4 Å². The minimum absolute atomic E-state index is 0.0180. The van der Waals surface area contributed by atoms with E-state index in [1.54, 1.807) is 0 Å². The van der Waals surface area contributed by atoms with Gasteiger partial charge in [0.05, 0.1) is 47.1 Å². The molecule has 7 rings (SSSR count). The van der Waals surface area contributed by atoms with Crippen molar-refractivity contribution in [3.63, 3.8) is 0 Å². The molecule has 12 nitrogen and oxygen atoms in total. The number of amides is 1. The second kappa shape index (κ2) is 15.1. The van der Waals surface area contributed by atoms with Gasteiger partial charge in [0.1, 0.15) is 29.6 Å². The summed E-state index contributed by atoms with van der Waals surface area (Å²) < 4.78 is 136. The number of alkyl halides is 5. The first kappa shape index (κ1) is 41.9. The van der Waals surface area contributed by atoms with E-state index in [2.05, 4.69) is 32.1 Å². The summed E-state index contributed by atoms with van der Waals surface area (Å²) in [6, 6.07) is 7.10. The van der Waals surface area contributed by atoms with Crippen LogP contribution in [0.15, 0.2) is 42.5 Å². The molecule has 3 N–H and O–H groups in total. The third kappa shape index (κ3) is 8.46. The fraction of sp³-hybridized carbons (Fsp3) is 0.368. The van der Waals surface area contributed by atoms with Gasteiger partial charge in [0.15, 0.2) is 17.1 Å². The summed E-state index contributed by atoms with van der Waals surface area (Å²) in [5.74, 6) is -3.00. The lowest BCUT2D eigenvalue weighted by Crippen LogP contribution is -2.35. The van der Waals surface area contributed by atoms with Crippen LogP contribution < -0.4 is 10.0 Å². The van der Waals surface area contributed by atoms with Gasteiger partial charge in [-0.15, -0.1) is 0 Å². The number of benzene rings is 2. The molecule has 2 aromatic carbocycles. The SMILES string of the molecule is C[C@@H]1Cc2c(C(F)(F)F)nn(CC(=O)N[C@@H](Cc3cc(F)cc(F)c3)c3nc(C#CC4(O)CCOC4)ccc3-c3ccc(Cl)c4c(NS(C)(=O)=O)nn(C)c34)c2C1(F)F. The highest BCUT2D eigenvalue weighted by Gasteiger charge is 2.54. The molecule has 1 amide bonds. The molecule has 59 heavy (non-hydrogen) atoms. The summed E-state index contributed by atoms with van der Waals surface area (Å²) in [5.41, 5.74) is -4.14. The van der Waals surface area contributed by atoms with E-state index in [-0.39, 0.29) is 63.9 Å². The van der Waals surface area contributed by atoms with Crippen molar-refractivity contribution in [1.29, 1.82) is 0 Å². The molecule has 4 heterocycles. The van der Waals surface area contributed by atoms with E-state index in [1.165, 1.54) is 36.0 Å². The van der Waals surface area contributed by atoms with Crippen LogP contribution in [0.4, 0.5) is 36.6 Å². The highest BCUT2D eigenvalue weighted by Crippen LogP contribution is 2.49. The number of nitrogens with zero attached hydrogens (tertiary/aromatic N) is 5. The molecule has 1 aliphatic carbocycles. The van der Waals surface area contributed by atoms with Gasteiger partial charge in [-0.05, 0) is 54.7 Å². The quantitative estimate of drug-likeness (QED) is 0.120. The molecule has 0 spiro atoms. The summed E-state index contributed by atoms with van der Waals surface area (Å²) in [7, 11) is -2.37. The summed E-state index contributed by atoms with van der Waals surface area (Å²) >= 11 is 6.57. The Kier molecular flexibility index (Phi) is 10.7. The number of rotatable bonds is 9. The monoisotopic (exact) mass is 867 g/mol. The second-order valence-corrected chi connectivity index (χ2v) is 16.7. The molecule has 21 heteroatoms. The molecule has 312 valence electrons. The number of anilines is 1. The van der Waals surface area contributed by atoms with Crippen LogP contribution in [0.2, 0.25) is 5.02 Å². The van der Waals surface area contributed by atoms with Crippen molar-refractivity contribution in [3.05, 3.63) is 93.0 Å². The van der Waals surface area contributed by atoms with E-state index >= 15 is 8.78 Å². The van der Waals surface area contributed by atoms with Gasteiger partial charge < -0.3 is 15.2 Å². The number of aliphatic hydroxyl groups is 1. The summed E-state index contributed by atoms with van der Waals surface area (Å²) in [5, 5.41) is 21.4. The van der Waals surface area contributed by atoms with Crippen molar-refractivity contribution < 1.29 is 53.8 Å². The zero-order valence-electron chi connectivity index (χ0n) is 31.2. The minimum atomic E-state index is -5.11. The molecular weight excluding hydrogens is 835 g/mol. The Balaban J connectivity index is 1.40. The van der Waals surface area contributed by atoms with Crippen LogP contribution in [-0.4, -0.2) is 69.0 Å². The van der Waals surface area contributed by atoms with Gasteiger partial charge in [0, 0.05) is 42.1 Å². The smallest absolute Gasteiger partial charge is 0.377 e. The number of hydrogen-bond donors (Lipinski definition) is 3. The van der Waals surface area contributed by atoms with Crippen LogP contribution in [0.1, 0.15) is 53.3 Å². The van der Waals surface area contributed by atoms with Gasteiger partial charge in [0.2, 0.25) is 15.9 Å². The van der Waals surface area contributed by atoms with E-state index in [0.717, 1.165) is 25.3 Å². The van der Waals surface area contributed by atoms with Gasteiger partial charge in [-0.1, -0.05) is 30.5 Å². The molecule has 0 saturated carbocycles. The number of fused-ring (bicyclic) bond motifs is 2. The first-order chi connectivity index (χ1) is 27.5. The van der Waals surface area contributed by atoms with E-state index in [1.807, 2.05) is 0 Å². The van der Waals surface area contributed by atoms with Crippen molar-refractivity contribution in [2.75, 3.05) is 24.2 Å². The number of carbonyl (C=O) groups is 1. The van der Waals surface area contributed by atoms with E-state index in [9.17, 15) is 40.3 Å². The molecule has 0 radical (unpaired) electrons. The zero-order valence-corrected chi connectivity index (χ0v) is 32.8. The molecule has 3 atom stereocenters. The average Bonchev–Trinajstić information content (AvgIpc) is 3.86. The number of carbonyl (C=O) groups excluding carboxylic acids is 1. The van der Waals surface area contributed by atoms with Crippen LogP contribution in [0.3, 0.4) is 0 Å². The molecule has 1 fully saturated rings. The molecule has 5 aromatic rings. The Morgan fingerprint density at radius 3 is 2.46 bits per heavy atom. The van der Waals surface area contributed by atoms with Crippen LogP contribution in [0.5, 0.6) is 0 Å². The second-order valence-electron chi connectivity index (χ2n) is 14.5. The number of nitrogens with one attached hydrogen (secondary N) is 2. The Bertz CT molecular complexity index is 2670. The Morgan fingerprint density at radius 1 is 1.12 bits per heavy atom. The molecule has 1 unspecified atom stereocenters. The number of pyridine rings is 1. The summed E-state index contributed by atoms with van der Waals surface area (Å²) in [6.45, 7) is 0.108. The first-order valence-corrected chi connectivity index (χ1v) is 20.1. The third-order valence-electron chi connectivity index (χ3n) is 9.94. The molecule has 3 aromatic heterocycles. The topological polar surface area (TPSA) is 153 Å². The van der Waals surface area contributed by atoms with Gasteiger partial charge in [0.25, 0.3) is 5.92 Å². The van der Waals surface area contributed by atoms with E-state index in [4.69, 9.17) is 21.3 Å². The predicted molar refractivity (Wildman–Crippen MR) is 200 cm³/mol. The largest absolute Gasteiger partial charge is 0.435 e. The molecule has 1 saturated heterocycles. The maximum absolute atomic E-state index is 15.4. The minimum Gasteiger partial charge on any atom is -0.377 e. The van der Waals surface area contributed by atoms with Crippen molar-refractivity contribution in [2.45, 2.75) is 56.5 Å². The Morgan fingerprint density at radius 2 is 1.81 bits per heavy atom. The molecule has 0 bridgehead atoms. The summed E-state index contributed by atoms with van der Waals surface area (Å²) in [6.07, 6.45) is -5.07. The number of ether oxygens (including phenoxy) is 1. The molecule has 2 aliphatic rings. The van der Waals surface area contributed by atoms with Crippen molar-refractivity contribution in [1.82, 2.24) is 29.9 Å². The first-order valence-electron chi connectivity index (χ1n) is 17.8. The number of aryl methyl sites for hydroxylation is 1. The van der Waals surface area contributed by atoms with E-state index in [0.29, 0.717) is 16.3 Å². The number of aromatic nitrogens is 5. The van der Waals surface area contributed by atoms with Gasteiger partial charge in [-0.3, -0.25) is 18.9 Å². The molecular formula is C38H33ClF7N7O5S. The lowest BCUT2D eigenvalue weighted by atomic mass is 9.93. The van der Waals surface area contributed by atoms with Crippen LogP contribution in [-0.2, 0) is 58.1 Å². The van der Waals surface area contributed by atoms with Gasteiger partial charge in [-0.25, -0.2) is 22.2 Å². The third-order valence-corrected chi connectivity index (χ3v) is 10.8. The number of halogens is 8. The van der Waals surface area contributed by atoms with Crippen LogP contribution >= 0.6 is 11.6 Å². The normalized spacial score (nSPS) is 19.4. The lowest BCUT2D eigenvalue weighted by Gasteiger charge is -2.23. The maximum atomic E-state index is 15.4. The fourth-order valence-corrected chi connectivity index (χ4v) is 8.08. The Hall–Kier alpha value is -5.23. The lowest BCUT2D eigenvalue weighted by molar-refractivity contribution is -0.142. The zero-order chi connectivity index (χ0) is 42.8. The number of sulfonamides is 1. The van der Waals surface area contributed by atoms with Crippen LogP contribution in [0.25, 0.3) is 22.0 Å². The van der Waals surface area contributed by atoms with Crippen molar-refractivity contribution in [3.8, 4) is 23.0 Å². The van der Waals surface area contributed by atoms with Gasteiger partial charge in [-0.2, -0.15) is 32.1 Å². The standard InChI is InChI=1S/C38H33ClF7N7O5S/c1-19-12-26-33(38(44,45)46)49-53(34(26)37(19,42)43)17-29(54)48-28(15-20-13-21(40)16-22(41)14-20)31-24(5-4-23(47-31)8-9-36(55)10-11-58-18-36)25-6-7-27(39)30-32(25)52(2)50-35(30)51-59(3,56)57/h4-7,13-14,16,19,28,55H,10-12,15,17-18H2,1-3H3,(H,48,54)(H,50,51)/t19-,28+,36?/m1/s1. The Labute approximate surface area is 336 Å². The van der Waals surface area contributed by atoms with Crippen molar-refractivity contribution in [2.24, 2.45) is 13.0 Å². The fourth-order valence-electron chi connectivity index (χ4n) is 7.35. The maximum Gasteiger partial charge on any atom is 0.435 e. The van der Waals surface area contributed by atoms with Gasteiger partial charge >= 0.3 is 6.18 Å². The highest BCUT2D eigenvalue weighted by atomic mass is 35.5. The summed E-state index contributed by atoms with van der Waals surface area (Å²) in [4.78, 5) is 18.6. The predicted octanol–water partition coefficient (Wildman–Crippen LogP) is 6.04. The molecule has 1 aliphatic heterocycles. The average molecular weight is 868 g/mol. The highest BCUT2D eigenvalue weighted by molar-refractivity contribution is 7.92. The van der Waals surface area contributed by atoms with Crippen molar-refractivity contribution >= 4 is 44.3 Å². The van der Waals surface area contributed by atoms with E-state index < -0.39 is 93.6 Å². The number of hydrogen-bond acceptors (Lipinski definition) is 8.